The van der Waals surface area contributed by atoms with Crippen LogP contribution in [0.5, 0.6) is 11.5 Å². The van der Waals surface area contributed by atoms with Crippen LogP contribution in [-0.2, 0) is 4.74 Å². The maximum Gasteiger partial charge on any atom is 0.272 e. The molecule has 0 spiro atoms. The third-order valence-corrected chi connectivity index (χ3v) is 5.26. The van der Waals surface area contributed by atoms with Crippen LogP contribution in [0.1, 0.15) is 39.6 Å². The summed E-state index contributed by atoms with van der Waals surface area (Å²) in [6.07, 6.45) is 1.07. The predicted molar refractivity (Wildman–Crippen MR) is 105 cm³/mol. The van der Waals surface area contributed by atoms with Gasteiger partial charge in [0.2, 0.25) is 6.79 Å². The maximum absolute atomic E-state index is 13.1. The van der Waals surface area contributed by atoms with Crippen LogP contribution in [0.4, 0.5) is 0 Å². The van der Waals surface area contributed by atoms with Gasteiger partial charge in [-0.05, 0) is 30.2 Å². The first-order valence-corrected chi connectivity index (χ1v) is 9.58. The summed E-state index contributed by atoms with van der Waals surface area (Å²) in [5.74, 6) is 2.06. The molecule has 3 aromatic rings. The van der Waals surface area contributed by atoms with E-state index in [1.807, 2.05) is 60.4 Å². The average Bonchev–Trinajstić information content (AvgIpc) is 3.41. The number of nitrogens with zero attached hydrogens (tertiary/aromatic N) is 2. The summed E-state index contributed by atoms with van der Waals surface area (Å²) in [6, 6.07) is 15.8. The molecule has 0 aliphatic carbocycles. The van der Waals surface area contributed by atoms with Gasteiger partial charge in [0.15, 0.2) is 11.5 Å². The first-order chi connectivity index (χ1) is 14.2. The molecule has 5 rings (SSSR count). The van der Waals surface area contributed by atoms with Crippen molar-refractivity contribution in [1.82, 2.24) is 14.9 Å². The minimum absolute atomic E-state index is 0.0828. The van der Waals surface area contributed by atoms with Crippen LogP contribution >= 0.6 is 0 Å². The summed E-state index contributed by atoms with van der Waals surface area (Å²) in [4.78, 5) is 22.1. The third kappa shape index (κ3) is 3.45. The molecule has 1 aromatic heterocycles. The Hall–Kier alpha value is -3.32. The van der Waals surface area contributed by atoms with Crippen LogP contribution in [0.15, 0.2) is 54.7 Å². The fraction of sp³-hybridized carbons (Fsp3) is 0.273. The average molecular weight is 391 g/mol. The Morgan fingerprint density at radius 2 is 1.79 bits per heavy atom. The molecule has 3 heterocycles. The van der Waals surface area contributed by atoms with Gasteiger partial charge in [0.1, 0.15) is 23.7 Å². The van der Waals surface area contributed by atoms with E-state index >= 15 is 0 Å². The number of carbonyl (C=O) groups excluding carboxylic acids is 1. The second kappa shape index (κ2) is 7.25. The molecule has 0 radical (unpaired) electrons. The van der Waals surface area contributed by atoms with Gasteiger partial charge in [-0.1, -0.05) is 36.4 Å². The Kier molecular flexibility index (Phi) is 4.44. The van der Waals surface area contributed by atoms with Gasteiger partial charge in [-0.15, -0.1) is 0 Å². The zero-order chi connectivity index (χ0) is 19.8. The van der Waals surface area contributed by atoms with Crippen molar-refractivity contribution in [2.24, 2.45) is 0 Å². The van der Waals surface area contributed by atoms with E-state index < -0.39 is 0 Å². The summed E-state index contributed by atoms with van der Waals surface area (Å²) in [7, 11) is 0. The number of fused-ring (bicyclic) bond motifs is 1. The molecule has 1 N–H and O–H groups in total. The number of H-pyrrole nitrogens is 1. The van der Waals surface area contributed by atoms with Crippen LogP contribution in [0.2, 0.25) is 0 Å². The number of hydrogen-bond donors (Lipinski definition) is 1. The smallest absolute Gasteiger partial charge is 0.272 e. The highest BCUT2D eigenvalue weighted by atomic mass is 16.7. The van der Waals surface area contributed by atoms with E-state index in [1.165, 1.54) is 0 Å². The second-order valence-electron chi connectivity index (χ2n) is 7.23. The van der Waals surface area contributed by atoms with Gasteiger partial charge in [-0.25, -0.2) is 4.98 Å². The van der Waals surface area contributed by atoms with Crippen LogP contribution in [0, 0.1) is 6.92 Å². The second-order valence-corrected chi connectivity index (χ2v) is 7.23. The minimum Gasteiger partial charge on any atom is -0.454 e. The van der Waals surface area contributed by atoms with Gasteiger partial charge in [0.25, 0.3) is 5.91 Å². The highest BCUT2D eigenvalue weighted by Crippen LogP contribution is 2.38. The molecule has 0 bridgehead atoms. The lowest BCUT2D eigenvalue weighted by Crippen LogP contribution is -2.43. The van der Waals surface area contributed by atoms with Gasteiger partial charge in [-0.2, -0.15) is 0 Å². The van der Waals surface area contributed by atoms with Crippen LogP contribution in [0.25, 0.3) is 0 Å². The Morgan fingerprint density at radius 3 is 2.55 bits per heavy atom. The van der Waals surface area contributed by atoms with Gasteiger partial charge in [-0.3, -0.25) is 4.79 Å². The SMILES string of the molecule is Cc1ncc(C(=O)N2C[C@@H](c3ccccc3)O[C@@H](c3ccc4c(c3)OCO4)C2)[nH]1. The number of nitrogens with one attached hydrogen (secondary N) is 1. The van der Waals surface area contributed by atoms with Crippen molar-refractivity contribution in [2.75, 3.05) is 19.9 Å². The van der Waals surface area contributed by atoms with E-state index in [1.54, 1.807) is 6.20 Å². The largest absolute Gasteiger partial charge is 0.454 e. The zero-order valence-electron chi connectivity index (χ0n) is 16.0. The molecular formula is C22H21N3O4. The number of aryl methyl sites for hydroxylation is 1. The van der Waals surface area contributed by atoms with Crippen molar-refractivity contribution in [3.63, 3.8) is 0 Å². The van der Waals surface area contributed by atoms with Crippen molar-refractivity contribution in [2.45, 2.75) is 19.1 Å². The molecule has 0 unspecified atom stereocenters. The van der Waals surface area contributed by atoms with Crippen molar-refractivity contribution in [3.05, 3.63) is 77.4 Å². The van der Waals surface area contributed by atoms with Crippen molar-refractivity contribution >= 4 is 5.91 Å². The Balaban J connectivity index is 1.46. The molecular weight excluding hydrogens is 370 g/mol. The summed E-state index contributed by atoms with van der Waals surface area (Å²) in [5.41, 5.74) is 2.48. The standard InChI is InChI=1S/C22H21N3O4/c1-14-23-10-17(24-14)22(26)25-11-20(15-5-3-2-4-6-15)29-21(12-25)16-7-8-18-19(9-16)28-13-27-18/h2-10,20-21H,11-13H2,1H3,(H,23,24)/t20-,21+/m0/s1. The lowest BCUT2D eigenvalue weighted by Gasteiger charge is -2.38. The molecule has 7 heteroatoms. The number of aromatic nitrogens is 2. The number of aromatic amines is 1. The monoisotopic (exact) mass is 391 g/mol. The molecule has 1 amide bonds. The Morgan fingerprint density at radius 1 is 1.03 bits per heavy atom. The summed E-state index contributed by atoms with van der Waals surface area (Å²) >= 11 is 0. The van der Waals surface area contributed by atoms with Gasteiger partial charge < -0.3 is 24.1 Å². The zero-order valence-corrected chi connectivity index (χ0v) is 16.0. The number of morpholine rings is 1. The van der Waals surface area contributed by atoms with Gasteiger partial charge in [0, 0.05) is 0 Å². The lowest BCUT2D eigenvalue weighted by molar-refractivity contribution is -0.0798. The molecule has 2 atom stereocenters. The minimum atomic E-state index is -0.281. The lowest BCUT2D eigenvalue weighted by atomic mass is 10.0. The molecule has 2 aromatic carbocycles. The normalized spacial score (nSPS) is 20.7. The van der Waals surface area contributed by atoms with E-state index in [0.29, 0.717) is 30.4 Å². The molecule has 1 fully saturated rings. The number of carbonyl (C=O) groups is 1. The van der Waals surface area contributed by atoms with Crippen LogP contribution in [-0.4, -0.2) is 40.7 Å². The van der Waals surface area contributed by atoms with E-state index in [2.05, 4.69) is 9.97 Å². The number of ether oxygens (including phenoxy) is 3. The Bertz CT molecular complexity index is 1030. The van der Waals surface area contributed by atoms with E-state index in [9.17, 15) is 4.79 Å². The highest BCUT2D eigenvalue weighted by molar-refractivity contribution is 5.92. The van der Waals surface area contributed by atoms with Crippen molar-refractivity contribution in [3.8, 4) is 11.5 Å². The number of amides is 1. The summed E-state index contributed by atoms with van der Waals surface area (Å²) in [6.45, 7) is 2.97. The number of benzene rings is 2. The molecule has 29 heavy (non-hydrogen) atoms. The van der Waals surface area contributed by atoms with E-state index in [0.717, 1.165) is 16.9 Å². The van der Waals surface area contributed by atoms with Crippen molar-refractivity contribution in [1.29, 1.82) is 0 Å². The van der Waals surface area contributed by atoms with Crippen LogP contribution < -0.4 is 9.47 Å². The topological polar surface area (TPSA) is 76.7 Å². The van der Waals surface area contributed by atoms with E-state index in [-0.39, 0.29) is 24.9 Å². The predicted octanol–water partition coefficient (Wildman–Crippen LogP) is 3.40. The quantitative estimate of drug-likeness (QED) is 0.741. The van der Waals surface area contributed by atoms with E-state index in [4.69, 9.17) is 14.2 Å². The first-order valence-electron chi connectivity index (χ1n) is 9.58. The molecule has 2 aliphatic rings. The molecule has 7 nitrogen and oxygen atoms in total. The number of imidazole rings is 1. The molecule has 1 saturated heterocycles. The van der Waals surface area contributed by atoms with Gasteiger partial charge in [0.05, 0.1) is 19.3 Å². The van der Waals surface area contributed by atoms with Crippen molar-refractivity contribution < 1.29 is 19.0 Å². The fourth-order valence-corrected chi connectivity index (χ4v) is 3.77. The number of rotatable bonds is 3. The van der Waals surface area contributed by atoms with Crippen LogP contribution in [0.3, 0.4) is 0 Å². The molecule has 148 valence electrons. The number of hydrogen-bond acceptors (Lipinski definition) is 5. The highest BCUT2D eigenvalue weighted by Gasteiger charge is 2.34. The first kappa shape index (κ1) is 17.8. The molecule has 0 saturated carbocycles. The maximum atomic E-state index is 13.1. The summed E-state index contributed by atoms with van der Waals surface area (Å²) < 4.78 is 17.4. The van der Waals surface area contributed by atoms with Gasteiger partial charge >= 0.3 is 0 Å². The summed E-state index contributed by atoms with van der Waals surface area (Å²) in [5, 5.41) is 0. The Labute approximate surface area is 168 Å². The third-order valence-electron chi connectivity index (χ3n) is 5.26. The molecule has 2 aliphatic heterocycles. The fourth-order valence-electron chi connectivity index (χ4n) is 3.77.